The minimum Gasteiger partial charge on any atom is -0.351 e. The molecule has 5 rings (SSSR count). The van der Waals surface area contributed by atoms with Crippen molar-refractivity contribution in [3.63, 3.8) is 0 Å². The SMILES string of the molecule is CN(Cc1nnc2n1CCCCC2)c1nc(-c2cccs2)nc2ccccc12. The molecule has 0 radical (unpaired) electrons. The van der Waals surface area contributed by atoms with E-state index in [-0.39, 0.29) is 0 Å². The monoisotopic (exact) mass is 390 g/mol. The number of benzene rings is 1. The van der Waals surface area contributed by atoms with Gasteiger partial charge in [-0.1, -0.05) is 24.6 Å². The Hall–Kier alpha value is -2.80. The van der Waals surface area contributed by atoms with Crippen molar-refractivity contribution < 1.29 is 0 Å². The van der Waals surface area contributed by atoms with Crippen molar-refractivity contribution in [1.29, 1.82) is 0 Å². The molecule has 0 saturated carbocycles. The lowest BCUT2D eigenvalue weighted by Gasteiger charge is -2.20. The van der Waals surface area contributed by atoms with E-state index in [9.17, 15) is 0 Å². The number of nitrogens with zero attached hydrogens (tertiary/aromatic N) is 6. The van der Waals surface area contributed by atoms with Crippen LogP contribution in [0.5, 0.6) is 0 Å². The van der Waals surface area contributed by atoms with Crippen LogP contribution in [0.15, 0.2) is 41.8 Å². The van der Waals surface area contributed by atoms with Crippen LogP contribution in [0.2, 0.25) is 0 Å². The van der Waals surface area contributed by atoms with Crippen molar-refractivity contribution in [2.45, 2.75) is 38.8 Å². The average Bonchev–Trinajstić information content (AvgIpc) is 3.32. The molecule has 0 bridgehead atoms. The maximum absolute atomic E-state index is 4.92. The summed E-state index contributed by atoms with van der Waals surface area (Å²) in [6.07, 6.45) is 4.68. The van der Waals surface area contributed by atoms with Crippen molar-refractivity contribution >= 4 is 28.1 Å². The highest BCUT2D eigenvalue weighted by atomic mass is 32.1. The Morgan fingerprint density at radius 2 is 1.96 bits per heavy atom. The molecule has 6 nitrogen and oxygen atoms in total. The van der Waals surface area contributed by atoms with Gasteiger partial charge in [-0.2, -0.15) is 0 Å². The fourth-order valence-electron chi connectivity index (χ4n) is 3.82. The smallest absolute Gasteiger partial charge is 0.172 e. The molecule has 4 aromatic rings. The molecule has 0 aliphatic carbocycles. The highest BCUT2D eigenvalue weighted by Crippen LogP contribution is 2.29. The van der Waals surface area contributed by atoms with Gasteiger partial charge in [-0.15, -0.1) is 21.5 Å². The molecule has 0 saturated heterocycles. The number of aryl methyl sites for hydroxylation is 1. The normalized spacial score (nSPS) is 14.0. The van der Waals surface area contributed by atoms with Gasteiger partial charge in [-0.25, -0.2) is 9.97 Å². The molecule has 0 unspecified atom stereocenters. The first kappa shape index (κ1) is 17.3. The molecule has 7 heteroatoms. The predicted octanol–water partition coefficient (Wildman–Crippen LogP) is 4.31. The Labute approximate surface area is 167 Å². The first-order valence-corrected chi connectivity index (χ1v) is 10.6. The lowest BCUT2D eigenvalue weighted by Crippen LogP contribution is -2.22. The number of anilines is 1. The van der Waals surface area contributed by atoms with Crippen LogP contribution in [-0.2, 0) is 19.5 Å². The Morgan fingerprint density at radius 3 is 2.86 bits per heavy atom. The second kappa shape index (κ2) is 7.31. The van der Waals surface area contributed by atoms with E-state index in [4.69, 9.17) is 9.97 Å². The fraction of sp³-hybridized carbons (Fsp3) is 0.333. The van der Waals surface area contributed by atoms with E-state index in [1.165, 1.54) is 19.3 Å². The van der Waals surface area contributed by atoms with Gasteiger partial charge >= 0.3 is 0 Å². The first-order chi connectivity index (χ1) is 13.8. The summed E-state index contributed by atoms with van der Waals surface area (Å²) in [5, 5.41) is 12.0. The van der Waals surface area contributed by atoms with E-state index in [1.807, 2.05) is 18.2 Å². The van der Waals surface area contributed by atoms with Crippen LogP contribution in [-0.4, -0.2) is 31.8 Å². The summed E-state index contributed by atoms with van der Waals surface area (Å²) in [4.78, 5) is 13.0. The molecule has 0 spiro atoms. The van der Waals surface area contributed by atoms with E-state index in [1.54, 1.807) is 11.3 Å². The van der Waals surface area contributed by atoms with Crippen LogP contribution in [0.4, 0.5) is 5.82 Å². The second-order valence-corrected chi connectivity index (χ2v) is 8.16. The lowest BCUT2D eigenvalue weighted by molar-refractivity contribution is 0.601. The van der Waals surface area contributed by atoms with Gasteiger partial charge in [0.05, 0.1) is 16.9 Å². The Bertz CT molecular complexity index is 1100. The Morgan fingerprint density at radius 1 is 1.04 bits per heavy atom. The standard InChI is InChI=1S/C21H22N6S/c1-26(14-19-25-24-18-11-3-2-6-12-27(18)19)21-15-8-4-5-9-16(15)22-20(23-21)17-10-7-13-28-17/h4-5,7-10,13H,2-3,6,11-12,14H2,1H3. The third kappa shape index (κ3) is 3.16. The van der Waals surface area contributed by atoms with E-state index >= 15 is 0 Å². The molecule has 1 aliphatic rings. The van der Waals surface area contributed by atoms with Crippen LogP contribution >= 0.6 is 11.3 Å². The maximum atomic E-state index is 4.92. The summed E-state index contributed by atoms with van der Waals surface area (Å²) >= 11 is 1.66. The van der Waals surface area contributed by atoms with Crippen LogP contribution in [0.3, 0.4) is 0 Å². The van der Waals surface area contributed by atoms with E-state index in [0.29, 0.717) is 6.54 Å². The third-order valence-corrected chi connectivity index (χ3v) is 6.12. The van der Waals surface area contributed by atoms with Gasteiger partial charge in [-0.3, -0.25) is 0 Å². The number of aromatic nitrogens is 5. The van der Waals surface area contributed by atoms with E-state index < -0.39 is 0 Å². The van der Waals surface area contributed by atoms with Gasteiger partial charge in [0.1, 0.15) is 11.6 Å². The quantitative estimate of drug-likeness (QED) is 0.520. The molecule has 0 atom stereocenters. The van der Waals surface area contributed by atoms with Crippen molar-refractivity contribution in [3.05, 3.63) is 53.4 Å². The highest BCUT2D eigenvalue weighted by molar-refractivity contribution is 7.13. The first-order valence-electron chi connectivity index (χ1n) is 9.72. The molecule has 0 amide bonds. The summed E-state index contributed by atoms with van der Waals surface area (Å²) in [6, 6.07) is 12.3. The molecule has 3 aromatic heterocycles. The molecule has 0 N–H and O–H groups in total. The van der Waals surface area contributed by atoms with E-state index in [2.05, 4.69) is 50.3 Å². The molecule has 1 aliphatic heterocycles. The zero-order valence-corrected chi connectivity index (χ0v) is 16.7. The molecule has 0 fully saturated rings. The Balaban J connectivity index is 1.54. The van der Waals surface area contributed by atoms with Crippen LogP contribution in [0.25, 0.3) is 21.6 Å². The number of rotatable bonds is 4. The lowest BCUT2D eigenvalue weighted by atomic mass is 10.2. The average molecular weight is 391 g/mol. The Kier molecular flexibility index (Phi) is 4.52. The van der Waals surface area contributed by atoms with Gasteiger partial charge in [0.2, 0.25) is 0 Å². The number of hydrogen-bond donors (Lipinski definition) is 0. The summed E-state index contributed by atoms with van der Waals surface area (Å²) in [6.45, 7) is 1.69. The van der Waals surface area contributed by atoms with Crippen molar-refractivity contribution in [2.75, 3.05) is 11.9 Å². The zero-order valence-electron chi connectivity index (χ0n) is 15.9. The molecule has 1 aromatic carbocycles. The van der Waals surface area contributed by atoms with E-state index in [0.717, 1.165) is 52.0 Å². The minimum absolute atomic E-state index is 0.678. The topological polar surface area (TPSA) is 59.7 Å². The second-order valence-electron chi connectivity index (χ2n) is 7.22. The maximum Gasteiger partial charge on any atom is 0.172 e. The van der Waals surface area contributed by atoms with Crippen LogP contribution < -0.4 is 4.90 Å². The fourth-order valence-corrected chi connectivity index (χ4v) is 4.47. The summed E-state index contributed by atoms with van der Waals surface area (Å²) in [7, 11) is 2.07. The number of para-hydroxylation sites is 1. The van der Waals surface area contributed by atoms with Gasteiger partial charge in [0, 0.05) is 25.4 Å². The van der Waals surface area contributed by atoms with Crippen molar-refractivity contribution in [1.82, 2.24) is 24.7 Å². The van der Waals surface area contributed by atoms with Crippen molar-refractivity contribution in [2.24, 2.45) is 0 Å². The number of fused-ring (bicyclic) bond motifs is 2. The zero-order chi connectivity index (χ0) is 18.9. The molecule has 4 heterocycles. The largest absolute Gasteiger partial charge is 0.351 e. The van der Waals surface area contributed by atoms with Crippen LogP contribution in [0, 0.1) is 0 Å². The molecule has 142 valence electrons. The molecular weight excluding hydrogens is 368 g/mol. The summed E-state index contributed by atoms with van der Waals surface area (Å²) in [5.41, 5.74) is 0.961. The van der Waals surface area contributed by atoms with Gasteiger partial charge < -0.3 is 9.47 Å². The third-order valence-electron chi connectivity index (χ3n) is 5.25. The molecule has 28 heavy (non-hydrogen) atoms. The van der Waals surface area contributed by atoms with Gasteiger partial charge in [0.15, 0.2) is 11.6 Å². The highest BCUT2D eigenvalue weighted by Gasteiger charge is 2.18. The number of hydrogen-bond acceptors (Lipinski definition) is 6. The van der Waals surface area contributed by atoms with Gasteiger partial charge in [-0.05, 0) is 36.4 Å². The predicted molar refractivity (Wildman–Crippen MR) is 113 cm³/mol. The summed E-state index contributed by atoms with van der Waals surface area (Å²) in [5.74, 6) is 3.84. The number of thiophene rings is 1. The van der Waals surface area contributed by atoms with Crippen LogP contribution in [0.1, 0.15) is 30.9 Å². The van der Waals surface area contributed by atoms with Gasteiger partial charge in [0.25, 0.3) is 0 Å². The molecular formula is C21H22N6S. The summed E-state index contributed by atoms with van der Waals surface area (Å²) < 4.78 is 2.30. The van der Waals surface area contributed by atoms with Crippen molar-refractivity contribution in [3.8, 4) is 10.7 Å². The minimum atomic E-state index is 0.678.